The van der Waals surface area contributed by atoms with Gasteiger partial charge in [-0.05, 0) is 38.2 Å². The molecule has 0 saturated heterocycles. The first-order chi connectivity index (χ1) is 7.41. The van der Waals surface area contributed by atoms with Crippen LogP contribution >= 0.6 is 0 Å². The largest absolute Gasteiger partial charge is 0.299 e. The molecule has 0 unspecified atom stereocenters. The maximum absolute atomic E-state index is 9.97. The molecule has 0 amide bonds. The second-order valence-corrected chi connectivity index (χ2v) is 3.79. The fourth-order valence-corrected chi connectivity index (χ4v) is 1.49. The average molecular weight is 208 g/mol. The molecule has 0 aromatic carbocycles. The van der Waals surface area contributed by atoms with Crippen molar-refractivity contribution in [2.75, 3.05) is 0 Å². The fourth-order valence-electron chi connectivity index (χ4n) is 1.49. The Morgan fingerprint density at radius 1 is 0.800 bits per heavy atom. The van der Waals surface area contributed by atoms with Crippen molar-refractivity contribution in [2.24, 2.45) is 0 Å². The molecule has 1 nitrogen and oxygen atoms in total. The Morgan fingerprint density at radius 3 is 2.00 bits per heavy atom. The van der Waals surface area contributed by atoms with Crippen LogP contribution < -0.4 is 0 Å². The summed E-state index contributed by atoms with van der Waals surface area (Å²) in [5.74, 6) is 0. The van der Waals surface area contributed by atoms with E-state index in [-0.39, 0.29) is 0 Å². The van der Waals surface area contributed by atoms with Gasteiger partial charge in [0.2, 0.25) is 0 Å². The van der Waals surface area contributed by atoms with Crippen LogP contribution in [0.3, 0.4) is 0 Å². The van der Waals surface area contributed by atoms with Crippen LogP contribution in [0.1, 0.15) is 58.3 Å². The summed E-state index contributed by atoms with van der Waals surface area (Å²) >= 11 is 0. The van der Waals surface area contributed by atoms with Crippen molar-refractivity contribution in [3.05, 3.63) is 24.3 Å². The molecule has 0 radical (unpaired) electrons. The van der Waals surface area contributed by atoms with Crippen molar-refractivity contribution in [2.45, 2.75) is 58.3 Å². The van der Waals surface area contributed by atoms with Crippen molar-refractivity contribution >= 4 is 6.29 Å². The third-order valence-electron chi connectivity index (χ3n) is 2.36. The number of carbonyl (C=O) groups excluding carboxylic acids is 1. The Labute approximate surface area is 94.3 Å². The van der Waals surface area contributed by atoms with Gasteiger partial charge in [-0.3, -0.25) is 4.79 Å². The Bertz CT molecular complexity index is 180. The second kappa shape index (κ2) is 13.2. The molecule has 0 aliphatic heterocycles. The Kier molecular flexibility index (Phi) is 12.4. The molecule has 0 aromatic heterocycles. The molecule has 0 N–H and O–H groups in total. The normalized spacial score (nSPS) is 11.5. The van der Waals surface area contributed by atoms with Gasteiger partial charge in [0, 0.05) is 0 Å². The van der Waals surface area contributed by atoms with E-state index in [9.17, 15) is 4.79 Å². The topological polar surface area (TPSA) is 17.1 Å². The summed E-state index contributed by atoms with van der Waals surface area (Å²) in [5.41, 5.74) is 0. The van der Waals surface area contributed by atoms with Crippen LogP contribution in [0.2, 0.25) is 0 Å². The first kappa shape index (κ1) is 14.2. The molecule has 0 saturated carbocycles. The maximum atomic E-state index is 9.97. The van der Waals surface area contributed by atoms with Crippen molar-refractivity contribution < 1.29 is 4.79 Å². The van der Waals surface area contributed by atoms with Gasteiger partial charge in [-0.25, -0.2) is 0 Å². The van der Waals surface area contributed by atoms with Crippen LogP contribution in [0.25, 0.3) is 0 Å². The van der Waals surface area contributed by atoms with Crippen LogP contribution in [-0.2, 0) is 4.79 Å². The minimum atomic E-state index is 0.847. The number of allylic oxidation sites excluding steroid dienone is 4. The van der Waals surface area contributed by atoms with E-state index in [4.69, 9.17) is 0 Å². The molecule has 0 aromatic rings. The van der Waals surface area contributed by atoms with E-state index < -0.39 is 0 Å². The van der Waals surface area contributed by atoms with E-state index in [0.29, 0.717) is 0 Å². The van der Waals surface area contributed by atoms with E-state index in [1.807, 2.05) is 6.08 Å². The van der Waals surface area contributed by atoms with E-state index in [1.54, 1.807) is 6.08 Å². The summed E-state index contributed by atoms with van der Waals surface area (Å²) in [6, 6.07) is 0. The molecule has 0 rings (SSSR count). The quantitative estimate of drug-likeness (QED) is 0.224. The highest BCUT2D eigenvalue weighted by atomic mass is 16.1. The zero-order valence-corrected chi connectivity index (χ0v) is 9.95. The van der Waals surface area contributed by atoms with Crippen LogP contribution in [0.15, 0.2) is 24.3 Å². The van der Waals surface area contributed by atoms with E-state index in [0.717, 1.165) is 19.1 Å². The highest BCUT2D eigenvalue weighted by Gasteiger charge is 1.88. The van der Waals surface area contributed by atoms with Crippen molar-refractivity contribution in [3.8, 4) is 0 Å². The molecular formula is C14H24O. The smallest absolute Gasteiger partial charge is 0.142 e. The van der Waals surface area contributed by atoms with Gasteiger partial charge in [-0.2, -0.15) is 0 Å². The molecule has 0 heterocycles. The lowest BCUT2D eigenvalue weighted by Crippen LogP contribution is -1.78. The highest BCUT2D eigenvalue weighted by molar-refractivity contribution is 5.64. The van der Waals surface area contributed by atoms with Gasteiger partial charge in [0.1, 0.15) is 6.29 Å². The van der Waals surface area contributed by atoms with Gasteiger partial charge in [0.25, 0.3) is 0 Å². The van der Waals surface area contributed by atoms with E-state index in [2.05, 4.69) is 19.1 Å². The van der Waals surface area contributed by atoms with E-state index in [1.165, 1.54) is 38.5 Å². The van der Waals surface area contributed by atoms with Gasteiger partial charge < -0.3 is 0 Å². The van der Waals surface area contributed by atoms with Gasteiger partial charge in [-0.15, -0.1) is 0 Å². The van der Waals surface area contributed by atoms with Crippen molar-refractivity contribution in [1.29, 1.82) is 0 Å². The molecule has 0 aliphatic carbocycles. The first-order valence-electron chi connectivity index (χ1n) is 6.17. The average Bonchev–Trinajstić information content (AvgIpc) is 2.26. The lowest BCUT2D eigenvalue weighted by molar-refractivity contribution is -0.104. The first-order valence-corrected chi connectivity index (χ1v) is 6.17. The van der Waals surface area contributed by atoms with Gasteiger partial charge in [0.15, 0.2) is 0 Å². The number of unbranched alkanes of at least 4 members (excludes halogenated alkanes) is 6. The summed E-state index contributed by atoms with van der Waals surface area (Å²) in [7, 11) is 0. The predicted molar refractivity (Wildman–Crippen MR) is 67.0 cm³/mol. The third-order valence-corrected chi connectivity index (χ3v) is 2.36. The molecule has 15 heavy (non-hydrogen) atoms. The molecule has 0 bridgehead atoms. The van der Waals surface area contributed by atoms with Gasteiger partial charge in [-0.1, -0.05) is 44.4 Å². The SMILES string of the molecule is CC/C=C\CCCCCCC/C=C/C=O. The summed E-state index contributed by atoms with van der Waals surface area (Å²) in [6.07, 6.45) is 18.9. The number of hydrogen-bond donors (Lipinski definition) is 0. The minimum Gasteiger partial charge on any atom is -0.299 e. The number of aldehydes is 1. The van der Waals surface area contributed by atoms with Crippen LogP contribution in [0.4, 0.5) is 0 Å². The van der Waals surface area contributed by atoms with Crippen molar-refractivity contribution in [3.63, 3.8) is 0 Å². The summed E-state index contributed by atoms with van der Waals surface area (Å²) in [4.78, 5) is 9.97. The monoisotopic (exact) mass is 208 g/mol. The molecule has 0 fully saturated rings. The lowest BCUT2D eigenvalue weighted by atomic mass is 10.1. The van der Waals surface area contributed by atoms with E-state index >= 15 is 0 Å². The number of rotatable bonds is 10. The molecule has 0 atom stereocenters. The molecule has 86 valence electrons. The van der Waals surface area contributed by atoms with Crippen molar-refractivity contribution in [1.82, 2.24) is 0 Å². The third kappa shape index (κ3) is 13.2. The van der Waals surface area contributed by atoms with Gasteiger partial charge >= 0.3 is 0 Å². The minimum absolute atomic E-state index is 0.847. The fraction of sp³-hybridized carbons (Fsp3) is 0.643. The van der Waals surface area contributed by atoms with Crippen LogP contribution in [0, 0.1) is 0 Å². The molecule has 1 heteroatoms. The Balaban J connectivity index is 3.01. The number of carbonyl (C=O) groups is 1. The second-order valence-electron chi connectivity index (χ2n) is 3.79. The summed E-state index contributed by atoms with van der Waals surface area (Å²) in [5, 5.41) is 0. The van der Waals surface area contributed by atoms with Crippen LogP contribution in [-0.4, -0.2) is 6.29 Å². The Hall–Kier alpha value is -0.850. The molecule has 0 spiro atoms. The lowest BCUT2D eigenvalue weighted by Gasteiger charge is -1.97. The maximum Gasteiger partial charge on any atom is 0.142 e. The van der Waals surface area contributed by atoms with Gasteiger partial charge in [0.05, 0.1) is 0 Å². The summed E-state index contributed by atoms with van der Waals surface area (Å²) < 4.78 is 0. The summed E-state index contributed by atoms with van der Waals surface area (Å²) in [6.45, 7) is 2.17. The zero-order valence-electron chi connectivity index (χ0n) is 9.95. The Morgan fingerprint density at radius 2 is 1.40 bits per heavy atom. The van der Waals surface area contributed by atoms with Crippen LogP contribution in [0.5, 0.6) is 0 Å². The number of hydrogen-bond acceptors (Lipinski definition) is 1. The molecular weight excluding hydrogens is 184 g/mol. The predicted octanol–water partition coefficient (Wildman–Crippen LogP) is 4.44. The highest BCUT2D eigenvalue weighted by Crippen LogP contribution is 2.07. The zero-order chi connectivity index (χ0) is 11.2. The molecule has 0 aliphatic rings. The standard InChI is InChI=1S/C14H24O/c1-2-3-4-5-6-7-8-9-10-11-12-13-14-15/h3-4,12-14H,2,5-11H2,1H3/b4-3-,13-12+.